The Labute approximate surface area is 197 Å². The van der Waals surface area contributed by atoms with Gasteiger partial charge >= 0.3 is 0 Å². The third-order valence-electron chi connectivity index (χ3n) is 8.92. The van der Waals surface area contributed by atoms with Crippen LogP contribution in [0.4, 0.5) is 0 Å². The fourth-order valence-electron chi connectivity index (χ4n) is 6.64. The number of carbonyl (C=O) groups excluding carboxylic acids is 1. The quantitative estimate of drug-likeness (QED) is 0.633. The van der Waals surface area contributed by atoms with Crippen molar-refractivity contribution in [2.45, 2.75) is 50.5 Å². The van der Waals surface area contributed by atoms with Gasteiger partial charge in [-0.3, -0.25) is 4.79 Å². The van der Waals surface area contributed by atoms with Crippen LogP contribution in [0.15, 0.2) is 24.3 Å². The molecule has 1 aromatic carbocycles. The molecule has 5 aliphatic rings. The Balaban J connectivity index is 0.981. The van der Waals surface area contributed by atoms with Gasteiger partial charge in [-0.2, -0.15) is 0 Å². The van der Waals surface area contributed by atoms with Crippen LogP contribution in [0.1, 0.15) is 50.0 Å². The fraction of sp³-hybridized carbons (Fsp3) is 0.741. The van der Waals surface area contributed by atoms with Crippen LogP contribution < -0.4 is 4.74 Å². The molecule has 4 saturated heterocycles. The molecule has 0 unspecified atom stereocenters. The molecule has 1 atom stereocenters. The Morgan fingerprint density at radius 1 is 1.03 bits per heavy atom. The fourth-order valence-corrected chi connectivity index (χ4v) is 6.64. The lowest BCUT2D eigenvalue weighted by molar-refractivity contribution is -0.161. The maximum absolute atomic E-state index is 12.5. The summed E-state index contributed by atoms with van der Waals surface area (Å²) in [4.78, 5) is 17.3. The van der Waals surface area contributed by atoms with E-state index in [0.717, 1.165) is 45.1 Å². The molecule has 1 saturated carbocycles. The summed E-state index contributed by atoms with van der Waals surface area (Å²) in [6, 6.07) is 9.39. The van der Waals surface area contributed by atoms with Gasteiger partial charge in [-0.25, -0.2) is 0 Å². The van der Waals surface area contributed by atoms with Crippen LogP contribution in [0.5, 0.6) is 5.75 Å². The van der Waals surface area contributed by atoms with Crippen molar-refractivity contribution in [3.63, 3.8) is 0 Å². The van der Waals surface area contributed by atoms with Crippen molar-refractivity contribution in [1.29, 1.82) is 0 Å². The van der Waals surface area contributed by atoms with Crippen LogP contribution in [0.25, 0.3) is 0 Å². The highest BCUT2D eigenvalue weighted by atomic mass is 16.5. The average Bonchev–Trinajstić information content (AvgIpc) is 3.20. The molecule has 5 fully saturated rings. The summed E-state index contributed by atoms with van der Waals surface area (Å²) in [6.07, 6.45) is 7.37. The maximum atomic E-state index is 12.5. The molecule has 0 radical (unpaired) electrons. The smallest absolute Gasteiger partial charge is 0.230 e. The molecule has 180 valence electrons. The third kappa shape index (κ3) is 4.42. The summed E-state index contributed by atoms with van der Waals surface area (Å²) in [5, 5.41) is 0. The summed E-state index contributed by atoms with van der Waals surface area (Å²) in [5.41, 5.74) is 1.80. The molecule has 6 rings (SSSR count). The Kier molecular flexibility index (Phi) is 6.10. The van der Waals surface area contributed by atoms with Gasteiger partial charge in [-0.15, -0.1) is 0 Å². The van der Waals surface area contributed by atoms with Crippen molar-refractivity contribution < 1.29 is 19.0 Å². The number of rotatable bonds is 7. The van der Waals surface area contributed by atoms with E-state index in [1.807, 2.05) is 0 Å². The molecule has 1 amide bonds. The van der Waals surface area contributed by atoms with E-state index in [9.17, 15) is 4.79 Å². The number of ether oxygens (including phenoxy) is 3. The summed E-state index contributed by atoms with van der Waals surface area (Å²) in [5.74, 6) is 2.84. The lowest BCUT2D eigenvalue weighted by atomic mass is 9.77. The van der Waals surface area contributed by atoms with Crippen LogP contribution in [0.2, 0.25) is 0 Å². The number of piperidine rings is 1. The number of hydrogen-bond acceptors (Lipinski definition) is 5. The largest absolute Gasteiger partial charge is 0.493 e. The highest BCUT2D eigenvalue weighted by Crippen LogP contribution is 2.48. The minimum absolute atomic E-state index is 0.137. The van der Waals surface area contributed by atoms with E-state index in [1.54, 1.807) is 0 Å². The number of likely N-dealkylation sites (tertiary alicyclic amines) is 2. The summed E-state index contributed by atoms with van der Waals surface area (Å²) in [6.45, 7) is 8.17. The molecule has 6 heteroatoms. The third-order valence-corrected chi connectivity index (χ3v) is 8.92. The predicted octanol–water partition coefficient (Wildman–Crippen LogP) is 3.31. The molecular weight excluding hydrogens is 416 g/mol. The Morgan fingerprint density at radius 2 is 1.79 bits per heavy atom. The predicted molar refractivity (Wildman–Crippen MR) is 125 cm³/mol. The van der Waals surface area contributed by atoms with E-state index in [1.165, 1.54) is 50.8 Å². The molecular formula is C27H38N2O4. The van der Waals surface area contributed by atoms with Crippen LogP contribution in [-0.2, 0) is 14.3 Å². The van der Waals surface area contributed by atoms with E-state index >= 15 is 0 Å². The molecule has 4 aliphatic heterocycles. The molecule has 6 nitrogen and oxygen atoms in total. The minimum atomic E-state index is 0.137. The first kappa shape index (κ1) is 21.9. The zero-order chi connectivity index (χ0) is 22.3. The number of benzene rings is 1. The summed E-state index contributed by atoms with van der Waals surface area (Å²) >= 11 is 0. The lowest BCUT2D eigenvalue weighted by Gasteiger charge is -2.50. The van der Waals surface area contributed by atoms with Crippen molar-refractivity contribution >= 4 is 5.91 Å². The normalized spacial score (nSPS) is 28.4. The highest BCUT2D eigenvalue weighted by molar-refractivity contribution is 5.80. The van der Waals surface area contributed by atoms with Crippen molar-refractivity contribution in [1.82, 2.24) is 9.80 Å². The van der Waals surface area contributed by atoms with Gasteiger partial charge in [0, 0.05) is 30.5 Å². The standard InChI is InChI=1S/C27H38N2O4/c30-26(22-16-32-17-22)29-18-27(19-29)9-5-23(13-27)28-10-6-21(7-11-28)24-3-1-2-4-25(24)33-12-8-20-14-31-15-20/h1-4,20-23H,5-19H2/t23-/m1/s1. The number of amides is 1. The average molecular weight is 455 g/mol. The molecule has 0 N–H and O–H groups in total. The van der Waals surface area contributed by atoms with Crippen molar-refractivity contribution in [3.8, 4) is 5.75 Å². The van der Waals surface area contributed by atoms with Gasteiger partial charge in [0.15, 0.2) is 0 Å². The van der Waals surface area contributed by atoms with Gasteiger partial charge in [-0.1, -0.05) is 18.2 Å². The molecule has 1 aromatic rings. The first-order chi connectivity index (χ1) is 16.2. The molecule has 0 aromatic heterocycles. The topological polar surface area (TPSA) is 51.2 Å². The van der Waals surface area contributed by atoms with Crippen molar-refractivity contribution in [2.75, 3.05) is 59.2 Å². The van der Waals surface area contributed by atoms with Gasteiger partial charge < -0.3 is 24.0 Å². The summed E-state index contributed by atoms with van der Waals surface area (Å²) in [7, 11) is 0. The first-order valence-corrected chi connectivity index (χ1v) is 13.1. The SMILES string of the molecule is O=C(C1COC1)N1CC2(CC[C@@H](N3CCC(c4ccccc4OCCC4COC4)CC3)C2)C1. The van der Waals surface area contributed by atoms with E-state index in [0.29, 0.717) is 42.4 Å². The van der Waals surface area contributed by atoms with Crippen LogP contribution in [0, 0.1) is 17.3 Å². The Morgan fingerprint density at radius 3 is 2.48 bits per heavy atom. The maximum Gasteiger partial charge on any atom is 0.230 e. The second kappa shape index (κ2) is 9.20. The number of nitrogens with zero attached hydrogens (tertiary/aromatic N) is 2. The van der Waals surface area contributed by atoms with Crippen LogP contribution >= 0.6 is 0 Å². The van der Waals surface area contributed by atoms with E-state index in [-0.39, 0.29) is 5.92 Å². The molecule has 1 spiro atoms. The zero-order valence-electron chi connectivity index (χ0n) is 19.8. The van der Waals surface area contributed by atoms with E-state index in [4.69, 9.17) is 14.2 Å². The van der Waals surface area contributed by atoms with Crippen molar-refractivity contribution in [3.05, 3.63) is 29.8 Å². The molecule has 33 heavy (non-hydrogen) atoms. The van der Waals surface area contributed by atoms with Crippen LogP contribution in [0.3, 0.4) is 0 Å². The molecule has 0 bridgehead atoms. The van der Waals surface area contributed by atoms with E-state index in [2.05, 4.69) is 34.1 Å². The molecule has 4 heterocycles. The second-order valence-electron chi connectivity index (χ2n) is 11.2. The summed E-state index contributed by atoms with van der Waals surface area (Å²) < 4.78 is 16.7. The van der Waals surface area contributed by atoms with Gasteiger partial charge in [0.25, 0.3) is 0 Å². The number of hydrogen-bond donors (Lipinski definition) is 0. The van der Waals surface area contributed by atoms with Crippen LogP contribution in [-0.4, -0.2) is 81.0 Å². The van der Waals surface area contributed by atoms with Gasteiger partial charge in [0.05, 0.1) is 39.0 Å². The minimum Gasteiger partial charge on any atom is -0.493 e. The lowest BCUT2D eigenvalue weighted by Crippen LogP contribution is -2.61. The Hall–Kier alpha value is -1.63. The van der Waals surface area contributed by atoms with E-state index < -0.39 is 0 Å². The van der Waals surface area contributed by atoms with Gasteiger partial charge in [0.1, 0.15) is 5.75 Å². The number of carbonyl (C=O) groups is 1. The monoisotopic (exact) mass is 454 g/mol. The molecule has 1 aliphatic carbocycles. The van der Waals surface area contributed by atoms with Gasteiger partial charge in [-0.05, 0) is 69.2 Å². The highest BCUT2D eigenvalue weighted by Gasteiger charge is 2.52. The van der Waals surface area contributed by atoms with Gasteiger partial charge in [0.2, 0.25) is 5.91 Å². The second-order valence-corrected chi connectivity index (χ2v) is 11.2. The Bertz CT molecular complexity index is 838. The zero-order valence-corrected chi connectivity index (χ0v) is 19.8. The van der Waals surface area contributed by atoms with Crippen molar-refractivity contribution in [2.24, 2.45) is 17.3 Å². The first-order valence-electron chi connectivity index (χ1n) is 13.1. The number of para-hydroxylation sites is 1.